The Morgan fingerprint density at radius 1 is 1.03 bits per heavy atom. The minimum atomic E-state index is -0.0447. The highest BCUT2D eigenvalue weighted by Gasteiger charge is 2.14. The highest BCUT2D eigenvalue weighted by atomic mass is 16.5. The van der Waals surface area contributed by atoms with E-state index in [1.54, 1.807) is 6.20 Å². The molecule has 0 spiro atoms. The summed E-state index contributed by atoms with van der Waals surface area (Å²) in [6.45, 7) is 5.00. The fourth-order valence-electron chi connectivity index (χ4n) is 3.80. The monoisotopic (exact) mass is 435 g/mol. The van der Waals surface area contributed by atoms with Gasteiger partial charge in [0.2, 0.25) is 5.95 Å². The van der Waals surface area contributed by atoms with Crippen LogP contribution < -0.4 is 15.1 Å². The summed E-state index contributed by atoms with van der Waals surface area (Å²) < 4.78 is 5.45. The molecule has 3 N–H and O–H groups in total. The molecular weight excluding hydrogens is 406 g/mol. The molecular formula is C24H29N5O3. The molecule has 2 aromatic carbocycles. The minimum Gasteiger partial charge on any atom is -0.392 e. The van der Waals surface area contributed by atoms with E-state index < -0.39 is 0 Å². The third kappa shape index (κ3) is 4.99. The van der Waals surface area contributed by atoms with E-state index in [9.17, 15) is 10.2 Å². The first-order valence-corrected chi connectivity index (χ1v) is 10.7. The van der Waals surface area contributed by atoms with Crippen molar-refractivity contribution in [1.82, 2.24) is 9.97 Å². The third-order valence-electron chi connectivity index (χ3n) is 5.59. The van der Waals surface area contributed by atoms with Gasteiger partial charge >= 0.3 is 0 Å². The molecule has 8 nitrogen and oxygen atoms in total. The Balaban J connectivity index is 1.59. The molecule has 168 valence electrons. The zero-order valence-electron chi connectivity index (χ0n) is 18.5. The predicted octanol–water partition coefficient (Wildman–Crippen LogP) is 3.12. The molecule has 1 fully saturated rings. The third-order valence-corrected chi connectivity index (χ3v) is 5.59. The molecule has 1 aliphatic heterocycles. The molecule has 0 amide bonds. The van der Waals surface area contributed by atoms with Gasteiger partial charge in [0.25, 0.3) is 0 Å². The average Bonchev–Trinajstić information content (AvgIpc) is 2.84. The number of hydrogen-bond donors (Lipinski definition) is 3. The second-order valence-electron chi connectivity index (χ2n) is 7.85. The van der Waals surface area contributed by atoms with Crippen molar-refractivity contribution < 1.29 is 14.9 Å². The van der Waals surface area contributed by atoms with Crippen LogP contribution in [-0.2, 0) is 18.0 Å². The lowest BCUT2D eigenvalue weighted by Gasteiger charge is -2.29. The maximum absolute atomic E-state index is 9.74. The maximum atomic E-state index is 9.74. The van der Waals surface area contributed by atoms with Gasteiger partial charge in [0.05, 0.1) is 26.4 Å². The number of nitrogens with zero attached hydrogens (tertiary/aromatic N) is 4. The zero-order chi connectivity index (χ0) is 22.5. The quantitative estimate of drug-likeness (QED) is 0.521. The summed E-state index contributed by atoms with van der Waals surface area (Å²) in [5.41, 5.74) is 5.58. The number of aliphatic hydroxyl groups excluding tert-OH is 2. The van der Waals surface area contributed by atoms with Gasteiger partial charge in [-0.3, -0.25) is 0 Å². The number of rotatable bonds is 7. The second-order valence-corrected chi connectivity index (χ2v) is 7.85. The molecule has 8 heteroatoms. The van der Waals surface area contributed by atoms with Crippen molar-refractivity contribution in [2.45, 2.75) is 20.1 Å². The number of aryl methyl sites for hydroxylation is 1. The molecule has 1 aromatic heterocycles. The first-order valence-electron chi connectivity index (χ1n) is 10.7. The first kappa shape index (κ1) is 22.0. The summed E-state index contributed by atoms with van der Waals surface area (Å²) in [4.78, 5) is 13.3. The van der Waals surface area contributed by atoms with Crippen LogP contribution in [0.3, 0.4) is 0 Å². The van der Waals surface area contributed by atoms with Crippen LogP contribution in [0.1, 0.15) is 16.7 Å². The Bertz CT molecular complexity index is 1070. The van der Waals surface area contributed by atoms with Gasteiger partial charge in [0.1, 0.15) is 5.82 Å². The summed E-state index contributed by atoms with van der Waals surface area (Å²) in [5.74, 6) is 1.20. The topological polar surface area (TPSA) is 94.0 Å². The SMILES string of the molecule is Cc1ccc(CO)cc1N(C)c1ccnc(Nc2cc(CO)cc(N3CCOCC3)c2)n1. The number of aliphatic hydroxyl groups is 2. The Hall–Kier alpha value is -3.20. The molecule has 0 atom stereocenters. The van der Waals surface area contributed by atoms with Gasteiger partial charge < -0.3 is 30.1 Å². The van der Waals surface area contributed by atoms with E-state index in [1.807, 2.05) is 61.3 Å². The van der Waals surface area contributed by atoms with E-state index in [0.717, 1.165) is 52.7 Å². The molecule has 32 heavy (non-hydrogen) atoms. The van der Waals surface area contributed by atoms with E-state index in [4.69, 9.17) is 4.74 Å². The lowest BCUT2D eigenvalue weighted by atomic mass is 10.1. The van der Waals surface area contributed by atoms with Crippen molar-refractivity contribution >= 4 is 28.8 Å². The van der Waals surface area contributed by atoms with Crippen LogP contribution in [-0.4, -0.2) is 53.5 Å². The van der Waals surface area contributed by atoms with Gasteiger partial charge in [-0.1, -0.05) is 12.1 Å². The first-order chi connectivity index (χ1) is 15.6. The molecule has 0 saturated carbocycles. The van der Waals surface area contributed by atoms with Crippen molar-refractivity contribution in [2.75, 3.05) is 48.5 Å². The molecule has 0 radical (unpaired) electrons. The van der Waals surface area contributed by atoms with Gasteiger partial charge in [-0.25, -0.2) is 4.98 Å². The number of hydrogen-bond acceptors (Lipinski definition) is 8. The Kier molecular flexibility index (Phi) is 6.84. The van der Waals surface area contributed by atoms with Gasteiger partial charge in [-0.15, -0.1) is 0 Å². The lowest BCUT2D eigenvalue weighted by molar-refractivity contribution is 0.122. The van der Waals surface area contributed by atoms with Crippen molar-refractivity contribution in [2.24, 2.45) is 0 Å². The number of morpholine rings is 1. The normalized spacial score (nSPS) is 13.8. The molecule has 3 aromatic rings. The lowest BCUT2D eigenvalue weighted by Crippen LogP contribution is -2.36. The van der Waals surface area contributed by atoms with Crippen molar-refractivity contribution in [3.8, 4) is 0 Å². The molecule has 1 aliphatic rings. The largest absolute Gasteiger partial charge is 0.392 e. The predicted molar refractivity (Wildman–Crippen MR) is 126 cm³/mol. The van der Waals surface area contributed by atoms with Crippen LogP contribution in [0, 0.1) is 6.92 Å². The summed E-state index contributed by atoms with van der Waals surface area (Å²) in [7, 11) is 1.94. The van der Waals surface area contributed by atoms with Crippen LogP contribution in [0.25, 0.3) is 0 Å². The van der Waals surface area contributed by atoms with E-state index in [-0.39, 0.29) is 13.2 Å². The van der Waals surface area contributed by atoms with Crippen molar-refractivity contribution in [1.29, 1.82) is 0 Å². The summed E-state index contributed by atoms with van der Waals surface area (Å²) in [6, 6.07) is 13.7. The van der Waals surface area contributed by atoms with Gasteiger partial charge in [0.15, 0.2) is 0 Å². The smallest absolute Gasteiger partial charge is 0.229 e. The van der Waals surface area contributed by atoms with Crippen LogP contribution in [0.2, 0.25) is 0 Å². The Morgan fingerprint density at radius 2 is 1.81 bits per heavy atom. The van der Waals surface area contributed by atoms with Crippen molar-refractivity contribution in [3.05, 3.63) is 65.4 Å². The van der Waals surface area contributed by atoms with E-state index >= 15 is 0 Å². The summed E-state index contributed by atoms with van der Waals surface area (Å²) >= 11 is 0. The molecule has 0 aliphatic carbocycles. The van der Waals surface area contributed by atoms with Gasteiger partial charge in [-0.05, 0) is 53.9 Å². The standard InChI is InChI=1S/C24H29N5O3/c1-17-3-4-18(15-30)13-22(17)28(2)23-5-6-25-24(27-23)26-20-11-19(16-31)12-21(14-20)29-7-9-32-10-8-29/h3-6,11-14,30-31H,7-10,15-16H2,1-2H3,(H,25,26,27). The highest BCUT2D eigenvalue weighted by Crippen LogP contribution is 2.29. The minimum absolute atomic E-state index is 0.00955. The zero-order valence-corrected chi connectivity index (χ0v) is 18.5. The Labute approximate surface area is 188 Å². The number of anilines is 5. The van der Waals surface area contributed by atoms with Gasteiger partial charge in [-0.2, -0.15) is 4.98 Å². The second kappa shape index (κ2) is 9.95. The fraction of sp³-hybridized carbons (Fsp3) is 0.333. The number of nitrogens with one attached hydrogen (secondary N) is 1. The van der Waals surface area contributed by atoms with Gasteiger partial charge in [0, 0.05) is 43.4 Å². The van der Waals surface area contributed by atoms with E-state index in [0.29, 0.717) is 19.2 Å². The van der Waals surface area contributed by atoms with E-state index in [2.05, 4.69) is 20.2 Å². The molecule has 1 saturated heterocycles. The van der Waals surface area contributed by atoms with Crippen LogP contribution in [0.15, 0.2) is 48.7 Å². The summed E-state index contributed by atoms with van der Waals surface area (Å²) in [6.07, 6.45) is 1.71. The highest BCUT2D eigenvalue weighted by molar-refractivity contribution is 5.67. The van der Waals surface area contributed by atoms with Crippen LogP contribution in [0.5, 0.6) is 0 Å². The fourth-order valence-corrected chi connectivity index (χ4v) is 3.80. The number of ether oxygens (including phenoxy) is 1. The molecule has 0 unspecified atom stereocenters. The van der Waals surface area contributed by atoms with Crippen LogP contribution >= 0.6 is 0 Å². The average molecular weight is 436 g/mol. The van der Waals surface area contributed by atoms with Crippen molar-refractivity contribution in [3.63, 3.8) is 0 Å². The maximum Gasteiger partial charge on any atom is 0.229 e. The van der Waals surface area contributed by atoms with E-state index in [1.165, 1.54) is 0 Å². The molecule has 2 heterocycles. The number of aromatic nitrogens is 2. The number of benzene rings is 2. The molecule has 4 rings (SSSR count). The summed E-state index contributed by atoms with van der Waals surface area (Å²) in [5, 5.41) is 22.5. The van der Waals surface area contributed by atoms with Crippen LogP contribution in [0.4, 0.5) is 28.8 Å². The molecule has 0 bridgehead atoms. The Morgan fingerprint density at radius 3 is 2.56 bits per heavy atom.